The number of likely N-dealkylation sites (N-methyl/N-ethyl adjacent to an activating group) is 1. The van der Waals surface area contributed by atoms with Gasteiger partial charge in [-0.25, -0.2) is 0 Å². The number of rotatable bonds is 6. The number of benzene rings is 1. The highest BCUT2D eigenvalue weighted by Gasteiger charge is 2.25. The molecule has 1 heterocycles. The van der Waals surface area contributed by atoms with Gasteiger partial charge in [-0.2, -0.15) is 0 Å². The molecule has 0 aliphatic carbocycles. The van der Waals surface area contributed by atoms with Crippen LogP contribution < -0.4 is 5.73 Å². The Morgan fingerprint density at radius 3 is 2.84 bits per heavy atom. The first-order valence-corrected chi connectivity index (χ1v) is 7.44. The van der Waals surface area contributed by atoms with Crippen molar-refractivity contribution in [3.05, 3.63) is 34.9 Å². The third kappa shape index (κ3) is 3.69. The molecule has 2 atom stereocenters. The van der Waals surface area contributed by atoms with Gasteiger partial charge in [0.2, 0.25) is 0 Å². The van der Waals surface area contributed by atoms with E-state index in [0.717, 1.165) is 36.7 Å². The van der Waals surface area contributed by atoms with Crippen molar-refractivity contribution in [3.63, 3.8) is 0 Å². The summed E-state index contributed by atoms with van der Waals surface area (Å²) in [5.41, 5.74) is 7.10. The van der Waals surface area contributed by atoms with E-state index in [0.29, 0.717) is 12.6 Å². The molecule has 0 spiro atoms. The smallest absolute Gasteiger partial charge is 0.0703 e. The molecule has 1 aliphatic rings. The SMILES string of the molecule is CCN(CC1CCCO1)C(CN)c1ccccc1Cl. The quantitative estimate of drug-likeness (QED) is 0.872. The van der Waals surface area contributed by atoms with E-state index < -0.39 is 0 Å². The van der Waals surface area contributed by atoms with Crippen molar-refractivity contribution in [1.82, 2.24) is 4.90 Å². The van der Waals surface area contributed by atoms with Crippen LogP contribution in [0.2, 0.25) is 5.02 Å². The fraction of sp³-hybridized carbons (Fsp3) is 0.600. The van der Waals surface area contributed by atoms with Gasteiger partial charge in [0.15, 0.2) is 0 Å². The zero-order chi connectivity index (χ0) is 13.7. The van der Waals surface area contributed by atoms with Crippen LogP contribution in [-0.4, -0.2) is 37.2 Å². The van der Waals surface area contributed by atoms with Crippen LogP contribution in [0.15, 0.2) is 24.3 Å². The lowest BCUT2D eigenvalue weighted by molar-refractivity contribution is 0.0602. The number of nitrogens with two attached hydrogens (primary N) is 1. The Balaban J connectivity index is 2.11. The van der Waals surface area contributed by atoms with Crippen molar-refractivity contribution in [3.8, 4) is 0 Å². The molecule has 0 bridgehead atoms. The summed E-state index contributed by atoms with van der Waals surface area (Å²) < 4.78 is 5.73. The third-order valence-corrected chi connectivity index (χ3v) is 4.14. The highest BCUT2D eigenvalue weighted by atomic mass is 35.5. The van der Waals surface area contributed by atoms with Crippen molar-refractivity contribution in [2.45, 2.75) is 31.9 Å². The van der Waals surface area contributed by atoms with Crippen molar-refractivity contribution < 1.29 is 4.74 Å². The van der Waals surface area contributed by atoms with Crippen molar-refractivity contribution in [1.29, 1.82) is 0 Å². The largest absolute Gasteiger partial charge is 0.377 e. The lowest BCUT2D eigenvalue weighted by Gasteiger charge is -2.32. The van der Waals surface area contributed by atoms with Crippen LogP contribution in [0.25, 0.3) is 0 Å². The highest BCUT2D eigenvalue weighted by molar-refractivity contribution is 6.31. The Morgan fingerprint density at radius 1 is 1.47 bits per heavy atom. The van der Waals surface area contributed by atoms with Crippen LogP contribution in [-0.2, 0) is 4.74 Å². The molecule has 1 saturated heterocycles. The molecule has 0 radical (unpaired) electrons. The van der Waals surface area contributed by atoms with Crippen LogP contribution in [0.5, 0.6) is 0 Å². The van der Waals surface area contributed by atoms with Crippen molar-refractivity contribution >= 4 is 11.6 Å². The summed E-state index contributed by atoms with van der Waals surface area (Å²) in [7, 11) is 0. The van der Waals surface area contributed by atoms with Gasteiger partial charge in [0.1, 0.15) is 0 Å². The molecule has 106 valence electrons. The van der Waals surface area contributed by atoms with E-state index in [1.807, 2.05) is 18.2 Å². The Morgan fingerprint density at radius 2 is 2.26 bits per heavy atom. The predicted molar refractivity (Wildman–Crippen MR) is 79.5 cm³/mol. The minimum atomic E-state index is 0.169. The summed E-state index contributed by atoms with van der Waals surface area (Å²) in [5.74, 6) is 0. The molecule has 2 unspecified atom stereocenters. The van der Waals surface area contributed by atoms with Gasteiger partial charge in [0.25, 0.3) is 0 Å². The number of hydrogen-bond acceptors (Lipinski definition) is 3. The number of nitrogens with zero attached hydrogens (tertiary/aromatic N) is 1. The molecule has 1 aromatic carbocycles. The molecule has 19 heavy (non-hydrogen) atoms. The normalized spacial score (nSPS) is 20.9. The first-order chi connectivity index (χ1) is 9.26. The summed E-state index contributed by atoms with van der Waals surface area (Å²) >= 11 is 6.30. The monoisotopic (exact) mass is 282 g/mol. The minimum absolute atomic E-state index is 0.169. The fourth-order valence-corrected chi connectivity index (χ4v) is 3.01. The second-order valence-electron chi connectivity index (χ2n) is 5.00. The maximum atomic E-state index is 6.30. The van der Waals surface area contributed by atoms with Crippen LogP contribution in [0.1, 0.15) is 31.4 Å². The Kier molecular flexibility index (Phi) is 5.64. The molecule has 0 saturated carbocycles. The van der Waals surface area contributed by atoms with Gasteiger partial charge in [-0.1, -0.05) is 36.7 Å². The van der Waals surface area contributed by atoms with Gasteiger partial charge in [-0.3, -0.25) is 4.90 Å². The molecule has 1 aromatic rings. The predicted octanol–water partition coefficient (Wildman–Crippen LogP) is 2.84. The van der Waals surface area contributed by atoms with E-state index >= 15 is 0 Å². The topological polar surface area (TPSA) is 38.5 Å². The van der Waals surface area contributed by atoms with Crippen LogP contribution in [0.3, 0.4) is 0 Å². The summed E-state index contributed by atoms with van der Waals surface area (Å²) in [6.45, 7) is 5.51. The summed E-state index contributed by atoms with van der Waals surface area (Å²) in [6, 6.07) is 8.14. The fourth-order valence-electron chi connectivity index (χ4n) is 2.74. The van der Waals surface area contributed by atoms with Gasteiger partial charge >= 0.3 is 0 Å². The van der Waals surface area contributed by atoms with E-state index in [1.54, 1.807) is 0 Å². The number of ether oxygens (including phenoxy) is 1. The maximum Gasteiger partial charge on any atom is 0.0703 e. The van der Waals surface area contributed by atoms with Gasteiger partial charge in [0.05, 0.1) is 6.10 Å². The molecule has 4 heteroatoms. The molecule has 3 nitrogen and oxygen atoms in total. The average molecular weight is 283 g/mol. The van der Waals surface area contributed by atoms with E-state index in [2.05, 4.69) is 17.9 Å². The minimum Gasteiger partial charge on any atom is -0.377 e. The lowest BCUT2D eigenvalue weighted by atomic mass is 10.0. The zero-order valence-corrected chi connectivity index (χ0v) is 12.3. The maximum absolute atomic E-state index is 6.30. The van der Waals surface area contributed by atoms with Crippen LogP contribution in [0.4, 0.5) is 0 Å². The Hall–Kier alpha value is -0.610. The molecule has 1 aliphatic heterocycles. The summed E-state index contributed by atoms with van der Waals surface area (Å²) in [6.07, 6.45) is 2.66. The first kappa shape index (κ1) is 14.8. The standard InChI is InChI=1S/C15H23ClN2O/c1-2-18(11-12-6-5-9-19-12)15(10-17)13-7-3-4-8-14(13)16/h3-4,7-8,12,15H,2,5-6,9-11,17H2,1H3. The first-order valence-electron chi connectivity index (χ1n) is 7.06. The molecule has 2 N–H and O–H groups in total. The van der Waals surface area contributed by atoms with E-state index in [4.69, 9.17) is 22.1 Å². The van der Waals surface area contributed by atoms with Gasteiger partial charge < -0.3 is 10.5 Å². The number of halogens is 1. The second kappa shape index (κ2) is 7.25. The van der Waals surface area contributed by atoms with E-state index in [1.165, 1.54) is 6.42 Å². The molecule has 0 amide bonds. The molecule has 2 rings (SSSR count). The molecular formula is C15H23ClN2O. The van der Waals surface area contributed by atoms with Gasteiger partial charge in [-0.05, 0) is 31.0 Å². The second-order valence-corrected chi connectivity index (χ2v) is 5.40. The zero-order valence-electron chi connectivity index (χ0n) is 11.5. The number of hydrogen-bond donors (Lipinski definition) is 1. The van der Waals surface area contributed by atoms with Crippen molar-refractivity contribution in [2.75, 3.05) is 26.2 Å². The lowest BCUT2D eigenvalue weighted by Crippen LogP contribution is -2.38. The third-order valence-electron chi connectivity index (χ3n) is 3.80. The summed E-state index contributed by atoms with van der Waals surface area (Å²) in [5, 5.41) is 0.795. The molecule has 1 fully saturated rings. The summed E-state index contributed by atoms with van der Waals surface area (Å²) in [4.78, 5) is 2.37. The molecule has 0 aromatic heterocycles. The van der Waals surface area contributed by atoms with Gasteiger partial charge in [-0.15, -0.1) is 0 Å². The Bertz CT molecular complexity index is 393. The highest BCUT2D eigenvalue weighted by Crippen LogP contribution is 2.28. The average Bonchev–Trinajstić information content (AvgIpc) is 2.93. The molecular weight excluding hydrogens is 260 g/mol. The van der Waals surface area contributed by atoms with E-state index in [9.17, 15) is 0 Å². The van der Waals surface area contributed by atoms with Gasteiger partial charge in [0, 0.05) is 30.8 Å². The van der Waals surface area contributed by atoms with E-state index in [-0.39, 0.29) is 6.04 Å². The Labute approximate surface area is 120 Å². The van der Waals surface area contributed by atoms with Crippen molar-refractivity contribution in [2.24, 2.45) is 5.73 Å². The van der Waals surface area contributed by atoms with Crippen LogP contribution in [0, 0.1) is 0 Å². The van der Waals surface area contributed by atoms with Crippen LogP contribution >= 0.6 is 11.6 Å².